The molecule has 0 aliphatic heterocycles. The zero-order valence-electron chi connectivity index (χ0n) is 8.13. The molecule has 1 rings (SSSR count). The minimum Gasteiger partial charge on any atom is -0.498 e. The lowest BCUT2D eigenvalue weighted by molar-refractivity contribution is 0.0996. The number of aliphatic hydroxyl groups excluding tert-OH is 1. The van der Waals surface area contributed by atoms with E-state index < -0.39 is 0 Å². The van der Waals surface area contributed by atoms with Crippen LogP contribution in [0, 0.1) is 5.41 Å². The molecule has 1 atom stereocenters. The number of ether oxygens (including phenoxy) is 1. The lowest BCUT2D eigenvalue weighted by Gasteiger charge is -2.31. The summed E-state index contributed by atoms with van der Waals surface area (Å²) in [6.07, 6.45) is 3.28. The number of hydrogen-bond acceptors (Lipinski definition) is 2. The van der Waals surface area contributed by atoms with Crippen LogP contribution in [0.25, 0.3) is 0 Å². The van der Waals surface area contributed by atoms with E-state index in [1.54, 1.807) is 0 Å². The van der Waals surface area contributed by atoms with Gasteiger partial charge in [0, 0.05) is 6.42 Å². The first kappa shape index (κ1) is 9.59. The first-order valence-electron chi connectivity index (χ1n) is 4.55. The van der Waals surface area contributed by atoms with E-state index in [-0.39, 0.29) is 11.5 Å². The van der Waals surface area contributed by atoms with Crippen molar-refractivity contribution in [3.05, 3.63) is 11.8 Å². The Labute approximate surface area is 74.2 Å². The van der Waals surface area contributed by atoms with Crippen LogP contribution in [0.5, 0.6) is 0 Å². The van der Waals surface area contributed by atoms with Crippen LogP contribution in [0.15, 0.2) is 11.8 Å². The van der Waals surface area contributed by atoms with Crippen molar-refractivity contribution in [1.29, 1.82) is 0 Å². The van der Waals surface area contributed by atoms with Crippen molar-refractivity contribution in [1.82, 2.24) is 0 Å². The maximum absolute atomic E-state index is 9.49. The highest BCUT2D eigenvalue weighted by atomic mass is 16.5. The Morgan fingerprint density at radius 2 is 2.33 bits per heavy atom. The summed E-state index contributed by atoms with van der Waals surface area (Å²) in [5, 5.41) is 9.49. The summed E-state index contributed by atoms with van der Waals surface area (Å²) < 4.78 is 5.39. The van der Waals surface area contributed by atoms with Crippen molar-refractivity contribution >= 4 is 0 Å². The molecule has 0 fully saturated rings. The van der Waals surface area contributed by atoms with Crippen LogP contribution < -0.4 is 0 Å². The number of allylic oxidation sites excluding steroid dienone is 1. The largest absolute Gasteiger partial charge is 0.498 e. The molecule has 1 unspecified atom stereocenters. The van der Waals surface area contributed by atoms with Crippen molar-refractivity contribution < 1.29 is 9.84 Å². The zero-order chi connectivity index (χ0) is 9.19. The van der Waals surface area contributed by atoms with Crippen LogP contribution in [0.1, 0.15) is 33.6 Å². The molecule has 0 saturated carbocycles. The molecule has 1 aliphatic rings. The average molecular weight is 170 g/mol. The maximum atomic E-state index is 9.49. The van der Waals surface area contributed by atoms with E-state index >= 15 is 0 Å². The minimum absolute atomic E-state index is 0.179. The summed E-state index contributed by atoms with van der Waals surface area (Å²) in [4.78, 5) is 0. The summed E-state index contributed by atoms with van der Waals surface area (Å²) in [6.45, 7) is 6.97. The fourth-order valence-corrected chi connectivity index (χ4v) is 1.73. The molecule has 2 nitrogen and oxygen atoms in total. The van der Waals surface area contributed by atoms with E-state index in [1.807, 2.05) is 13.0 Å². The highest BCUT2D eigenvalue weighted by molar-refractivity contribution is 5.06. The lowest BCUT2D eigenvalue weighted by atomic mass is 9.79. The van der Waals surface area contributed by atoms with Gasteiger partial charge in [-0.2, -0.15) is 0 Å². The summed E-state index contributed by atoms with van der Waals surface area (Å²) >= 11 is 0. The summed E-state index contributed by atoms with van der Waals surface area (Å²) in [6, 6.07) is 0. The predicted octanol–water partition coefficient (Wildman–Crippen LogP) is 2.09. The fourth-order valence-electron chi connectivity index (χ4n) is 1.73. The van der Waals surface area contributed by atoms with Crippen molar-refractivity contribution in [2.75, 3.05) is 6.61 Å². The molecule has 2 heteroatoms. The number of aliphatic hydroxyl groups is 1. The smallest absolute Gasteiger partial charge is 0.0950 e. The molecule has 12 heavy (non-hydrogen) atoms. The van der Waals surface area contributed by atoms with E-state index in [1.165, 1.54) is 0 Å². The molecule has 0 heterocycles. The summed E-state index contributed by atoms with van der Waals surface area (Å²) in [5.74, 6) is 0.946. The molecule has 0 amide bonds. The van der Waals surface area contributed by atoms with Gasteiger partial charge in [-0.1, -0.05) is 13.8 Å². The van der Waals surface area contributed by atoms with Crippen LogP contribution in [-0.2, 0) is 4.74 Å². The van der Waals surface area contributed by atoms with Crippen LogP contribution in [0.2, 0.25) is 0 Å². The molecular weight excluding hydrogens is 152 g/mol. The Morgan fingerprint density at radius 1 is 1.67 bits per heavy atom. The molecule has 0 aromatic carbocycles. The van der Waals surface area contributed by atoms with Gasteiger partial charge in [-0.25, -0.2) is 0 Å². The van der Waals surface area contributed by atoms with Crippen molar-refractivity contribution in [2.45, 2.75) is 39.7 Å². The van der Waals surface area contributed by atoms with Gasteiger partial charge in [0.25, 0.3) is 0 Å². The monoisotopic (exact) mass is 170 g/mol. The van der Waals surface area contributed by atoms with E-state index in [2.05, 4.69) is 13.8 Å². The normalized spacial score (nSPS) is 28.0. The third-order valence-electron chi connectivity index (χ3n) is 2.12. The second-order valence-electron chi connectivity index (χ2n) is 4.18. The Balaban J connectivity index is 2.63. The van der Waals surface area contributed by atoms with Crippen LogP contribution >= 0.6 is 0 Å². The second kappa shape index (κ2) is 3.48. The Bertz CT molecular complexity index is 182. The topological polar surface area (TPSA) is 29.5 Å². The molecule has 0 radical (unpaired) electrons. The van der Waals surface area contributed by atoms with E-state index in [0.717, 1.165) is 18.6 Å². The van der Waals surface area contributed by atoms with Gasteiger partial charge in [-0.15, -0.1) is 0 Å². The third-order valence-corrected chi connectivity index (χ3v) is 2.12. The molecule has 0 bridgehead atoms. The van der Waals surface area contributed by atoms with Crippen molar-refractivity contribution in [3.63, 3.8) is 0 Å². The Kier molecular flexibility index (Phi) is 2.78. The standard InChI is InChI=1S/C10H18O2/c1-4-12-9-5-8(11)6-10(2,3)7-9/h5,8,11H,4,6-7H2,1-3H3. The van der Waals surface area contributed by atoms with E-state index in [0.29, 0.717) is 6.61 Å². The Morgan fingerprint density at radius 3 is 2.83 bits per heavy atom. The fraction of sp³-hybridized carbons (Fsp3) is 0.800. The first-order valence-corrected chi connectivity index (χ1v) is 4.55. The molecule has 0 aromatic rings. The van der Waals surface area contributed by atoms with Gasteiger partial charge in [0.2, 0.25) is 0 Å². The van der Waals surface area contributed by atoms with E-state index in [9.17, 15) is 5.11 Å². The highest BCUT2D eigenvalue weighted by Crippen LogP contribution is 2.35. The molecule has 0 aromatic heterocycles. The minimum atomic E-state index is -0.324. The third kappa shape index (κ3) is 2.52. The summed E-state index contributed by atoms with van der Waals surface area (Å²) in [7, 11) is 0. The SMILES string of the molecule is CCOC1=CC(O)CC(C)(C)C1. The lowest BCUT2D eigenvalue weighted by Crippen LogP contribution is -2.25. The molecule has 1 aliphatic carbocycles. The van der Waals surface area contributed by atoms with Crippen molar-refractivity contribution in [3.8, 4) is 0 Å². The van der Waals surface area contributed by atoms with Gasteiger partial charge in [-0.3, -0.25) is 0 Å². The quantitative estimate of drug-likeness (QED) is 0.687. The number of rotatable bonds is 2. The molecular formula is C10H18O2. The van der Waals surface area contributed by atoms with Gasteiger partial charge in [0.05, 0.1) is 18.5 Å². The van der Waals surface area contributed by atoms with E-state index in [4.69, 9.17) is 4.74 Å². The van der Waals surface area contributed by atoms with Crippen LogP contribution in [0.4, 0.5) is 0 Å². The molecule has 1 N–H and O–H groups in total. The van der Waals surface area contributed by atoms with Gasteiger partial charge < -0.3 is 9.84 Å². The Hall–Kier alpha value is -0.500. The predicted molar refractivity (Wildman–Crippen MR) is 48.7 cm³/mol. The summed E-state index contributed by atoms with van der Waals surface area (Å²) in [5.41, 5.74) is 0.179. The molecule has 0 spiro atoms. The first-order chi connectivity index (χ1) is 5.53. The van der Waals surface area contributed by atoms with Gasteiger partial charge >= 0.3 is 0 Å². The maximum Gasteiger partial charge on any atom is 0.0950 e. The zero-order valence-corrected chi connectivity index (χ0v) is 8.13. The van der Waals surface area contributed by atoms with Crippen LogP contribution in [-0.4, -0.2) is 17.8 Å². The molecule has 70 valence electrons. The molecule has 0 saturated heterocycles. The van der Waals surface area contributed by atoms with Gasteiger partial charge in [0.1, 0.15) is 0 Å². The van der Waals surface area contributed by atoms with Crippen LogP contribution in [0.3, 0.4) is 0 Å². The highest BCUT2D eigenvalue weighted by Gasteiger charge is 2.28. The van der Waals surface area contributed by atoms with Gasteiger partial charge in [-0.05, 0) is 24.8 Å². The number of hydrogen-bond donors (Lipinski definition) is 1. The second-order valence-corrected chi connectivity index (χ2v) is 4.18. The van der Waals surface area contributed by atoms with Gasteiger partial charge in [0.15, 0.2) is 0 Å². The van der Waals surface area contributed by atoms with Crippen molar-refractivity contribution in [2.24, 2.45) is 5.41 Å². The average Bonchev–Trinajstić information content (AvgIpc) is 1.82.